The number of hydrogen-bond donors (Lipinski definition) is 2. The van der Waals surface area contributed by atoms with Crippen molar-refractivity contribution in [2.75, 3.05) is 31.9 Å². The van der Waals surface area contributed by atoms with Gasteiger partial charge in [-0.2, -0.15) is 0 Å². The van der Waals surface area contributed by atoms with E-state index in [-0.39, 0.29) is 0 Å². The molecule has 0 aliphatic rings. The maximum Gasteiger partial charge on any atom is 0.128 e. The highest BCUT2D eigenvalue weighted by Gasteiger charge is 2.17. The van der Waals surface area contributed by atoms with Crippen LogP contribution >= 0.6 is 0 Å². The number of hydrogen-bond acceptors (Lipinski definition) is 4. The van der Waals surface area contributed by atoms with Gasteiger partial charge in [0.2, 0.25) is 0 Å². The second-order valence-corrected chi connectivity index (χ2v) is 5.25. The Morgan fingerprint density at radius 2 is 2.00 bits per heavy atom. The van der Waals surface area contributed by atoms with Crippen LogP contribution in [0.25, 0.3) is 0 Å². The Hall–Kier alpha value is -1.13. The van der Waals surface area contributed by atoms with Crippen LogP contribution in [-0.2, 0) is 0 Å². The zero-order valence-electron chi connectivity index (χ0n) is 13.4. The van der Waals surface area contributed by atoms with E-state index in [1.54, 1.807) is 6.20 Å². The van der Waals surface area contributed by atoms with Gasteiger partial charge in [-0.05, 0) is 57.6 Å². The second kappa shape index (κ2) is 8.93. The molecule has 0 aromatic carbocycles. The van der Waals surface area contributed by atoms with Gasteiger partial charge in [0.15, 0.2) is 0 Å². The Morgan fingerprint density at radius 1 is 1.30 bits per heavy atom. The lowest BCUT2D eigenvalue weighted by molar-refractivity contribution is 0.281. The van der Waals surface area contributed by atoms with Crippen molar-refractivity contribution in [3.63, 3.8) is 0 Å². The van der Waals surface area contributed by atoms with Crippen molar-refractivity contribution in [1.29, 1.82) is 0 Å². The summed E-state index contributed by atoms with van der Waals surface area (Å²) >= 11 is 0. The smallest absolute Gasteiger partial charge is 0.128 e. The van der Waals surface area contributed by atoms with Crippen molar-refractivity contribution in [3.05, 3.63) is 23.4 Å². The normalized spacial score (nSPS) is 12.8. The lowest BCUT2D eigenvalue weighted by Gasteiger charge is -2.25. The summed E-state index contributed by atoms with van der Waals surface area (Å²) in [5.41, 5.74) is 8.50. The monoisotopic (exact) mass is 278 g/mol. The molecule has 1 rings (SSSR count). The molecule has 0 saturated carbocycles. The number of nitrogens with one attached hydrogen (secondary N) is 1. The first-order chi connectivity index (χ1) is 9.63. The zero-order chi connectivity index (χ0) is 15.0. The number of nitrogen functional groups attached to an aromatic ring is 1. The van der Waals surface area contributed by atoms with Crippen molar-refractivity contribution < 1.29 is 0 Å². The fourth-order valence-corrected chi connectivity index (χ4v) is 2.56. The quantitative estimate of drug-likeness (QED) is 0.729. The minimum absolute atomic E-state index is 0.296. The first-order valence-corrected chi connectivity index (χ1v) is 7.80. The molecule has 4 heteroatoms. The van der Waals surface area contributed by atoms with Crippen LogP contribution in [0.1, 0.15) is 50.8 Å². The molecule has 4 nitrogen and oxygen atoms in total. The molecule has 0 radical (unpaired) electrons. The largest absolute Gasteiger partial charge is 0.383 e. The minimum Gasteiger partial charge on any atom is -0.383 e. The topological polar surface area (TPSA) is 54.2 Å². The van der Waals surface area contributed by atoms with Gasteiger partial charge in [-0.25, -0.2) is 4.98 Å². The maximum absolute atomic E-state index is 6.10. The van der Waals surface area contributed by atoms with Gasteiger partial charge in [0.25, 0.3) is 0 Å². The molecule has 0 fully saturated rings. The van der Waals surface area contributed by atoms with Crippen molar-refractivity contribution in [2.24, 2.45) is 0 Å². The Morgan fingerprint density at radius 3 is 2.55 bits per heavy atom. The predicted molar refractivity (Wildman–Crippen MR) is 86.8 cm³/mol. The van der Waals surface area contributed by atoms with Gasteiger partial charge in [0, 0.05) is 17.8 Å². The second-order valence-electron chi connectivity index (χ2n) is 5.25. The van der Waals surface area contributed by atoms with E-state index in [1.807, 2.05) is 6.07 Å². The molecule has 3 N–H and O–H groups in total. The number of anilines is 1. The van der Waals surface area contributed by atoms with Crippen LogP contribution in [0.4, 0.5) is 5.82 Å². The van der Waals surface area contributed by atoms with Crippen LogP contribution in [0.15, 0.2) is 12.3 Å². The summed E-state index contributed by atoms with van der Waals surface area (Å²) in [5.74, 6) is 0.665. The summed E-state index contributed by atoms with van der Waals surface area (Å²) < 4.78 is 0. The molecule has 1 aromatic heterocycles. The number of aromatic nitrogens is 1. The first-order valence-electron chi connectivity index (χ1n) is 7.80. The minimum atomic E-state index is 0.296. The average molecular weight is 278 g/mol. The molecule has 0 spiro atoms. The first kappa shape index (κ1) is 16.9. The van der Waals surface area contributed by atoms with Crippen LogP contribution in [-0.4, -0.2) is 36.1 Å². The summed E-state index contributed by atoms with van der Waals surface area (Å²) in [4.78, 5) is 6.71. The van der Waals surface area contributed by atoms with Crippen LogP contribution in [0.3, 0.4) is 0 Å². The van der Waals surface area contributed by atoms with Gasteiger partial charge in [-0.1, -0.05) is 20.8 Å². The average Bonchev–Trinajstić information content (AvgIpc) is 2.44. The fraction of sp³-hybridized carbons (Fsp3) is 0.688. The van der Waals surface area contributed by atoms with E-state index in [1.165, 1.54) is 11.1 Å². The third-order valence-corrected chi connectivity index (χ3v) is 3.86. The van der Waals surface area contributed by atoms with Crippen molar-refractivity contribution in [2.45, 2.75) is 46.6 Å². The van der Waals surface area contributed by atoms with E-state index in [4.69, 9.17) is 5.73 Å². The highest BCUT2D eigenvalue weighted by Crippen LogP contribution is 2.25. The molecule has 0 aliphatic heterocycles. The predicted octanol–water partition coefficient (Wildman–Crippen LogP) is 2.74. The molecule has 1 heterocycles. The summed E-state index contributed by atoms with van der Waals surface area (Å²) in [6.07, 6.45) is 3.98. The van der Waals surface area contributed by atoms with Crippen molar-refractivity contribution in [3.8, 4) is 0 Å². The van der Waals surface area contributed by atoms with Gasteiger partial charge in [0.05, 0.1) is 0 Å². The van der Waals surface area contributed by atoms with Crippen molar-refractivity contribution >= 4 is 5.82 Å². The fourth-order valence-electron chi connectivity index (χ4n) is 2.56. The van der Waals surface area contributed by atoms with E-state index in [0.717, 1.165) is 39.0 Å². The van der Waals surface area contributed by atoms with Crippen LogP contribution in [0.5, 0.6) is 0 Å². The number of rotatable bonds is 9. The maximum atomic E-state index is 6.10. The van der Waals surface area contributed by atoms with Crippen LogP contribution in [0.2, 0.25) is 0 Å². The molecule has 20 heavy (non-hydrogen) atoms. The Kier molecular flexibility index (Phi) is 7.55. The molecule has 0 saturated heterocycles. The molecule has 1 unspecified atom stereocenters. The van der Waals surface area contributed by atoms with Gasteiger partial charge in [0.1, 0.15) is 5.82 Å². The summed E-state index contributed by atoms with van der Waals surface area (Å²) in [5, 5.41) is 3.62. The van der Waals surface area contributed by atoms with Gasteiger partial charge in [-0.15, -0.1) is 0 Å². The lowest BCUT2D eigenvalue weighted by atomic mass is 9.99. The standard InChI is InChI=1S/C16H30N4/c1-5-10-18-14(9-12-20(6-2)7-3)15-13(4)8-11-19-16(15)17/h8,11,14,18H,5-7,9-10,12H2,1-4H3,(H2,17,19). The molecule has 1 atom stereocenters. The van der Waals surface area contributed by atoms with Crippen LogP contribution in [0, 0.1) is 6.92 Å². The molecular formula is C16H30N4. The Balaban J connectivity index is 2.83. The molecule has 0 amide bonds. The summed E-state index contributed by atoms with van der Waals surface area (Å²) in [7, 11) is 0. The molecular weight excluding hydrogens is 248 g/mol. The number of nitrogens with zero attached hydrogens (tertiary/aromatic N) is 2. The van der Waals surface area contributed by atoms with Crippen LogP contribution < -0.4 is 11.1 Å². The lowest BCUT2D eigenvalue weighted by Crippen LogP contribution is -2.30. The zero-order valence-corrected chi connectivity index (χ0v) is 13.4. The van der Waals surface area contributed by atoms with Gasteiger partial charge in [-0.3, -0.25) is 0 Å². The molecule has 0 aliphatic carbocycles. The molecule has 0 bridgehead atoms. The third-order valence-electron chi connectivity index (χ3n) is 3.86. The Bertz CT molecular complexity index is 368. The molecule has 114 valence electrons. The van der Waals surface area contributed by atoms with E-state index in [9.17, 15) is 0 Å². The number of aryl methyl sites for hydroxylation is 1. The summed E-state index contributed by atoms with van der Waals surface area (Å²) in [6, 6.07) is 2.34. The van der Waals surface area contributed by atoms with Gasteiger partial charge < -0.3 is 16.0 Å². The van der Waals surface area contributed by atoms with E-state index in [2.05, 4.69) is 42.9 Å². The third kappa shape index (κ3) is 4.76. The van der Waals surface area contributed by atoms with Gasteiger partial charge >= 0.3 is 0 Å². The van der Waals surface area contributed by atoms with E-state index >= 15 is 0 Å². The highest BCUT2D eigenvalue weighted by molar-refractivity contribution is 5.46. The van der Waals surface area contributed by atoms with E-state index in [0.29, 0.717) is 11.9 Å². The van der Waals surface area contributed by atoms with Crippen molar-refractivity contribution in [1.82, 2.24) is 15.2 Å². The highest BCUT2D eigenvalue weighted by atomic mass is 15.1. The van der Waals surface area contributed by atoms with E-state index < -0.39 is 0 Å². The Labute approximate surface area is 123 Å². The SMILES string of the molecule is CCCNC(CCN(CC)CC)c1c(C)ccnc1N. The number of nitrogens with two attached hydrogens (primary N) is 1. The summed E-state index contributed by atoms with van der Waals surface area (Å²) in [6.45, 7) is 13.0. The number of pyridine rings is 1. The molecule has 1 aromatic rings.